The molecule has 0 saturated heterocycles. The summed E-state index contributed by atoms with van der Waals surface area (Å²) < 4.78 is 43.4. The second kappa shape index (κ2) is 21.2. The summed E-state index contributed by atoms with van der Waals surface area (Å²) in [4.78, 5) is 3.29. The smallest absolute Gasteiger partial charge is 1.00 e. The van der Waals surface area contributed by atoms with Crippen LogP contribution in [-0.2, 0) is 19.5 Å². The second-order valence-corrected chi connectivity index (χ2v) is 9.95. The number of halogens is 1. The molecule has 4 aromatic carbocycles. The van der Waals surface area contributed by atoms with Crippen molar-refractivity contribution in [2.45, 2.75) is 29.6 Å². The Labute approximate surface area is 298 Å². The fourth-order valence-electron chi connectivity index (χ4n) is 3.20. The molecule has 0 heterocycles. The first-order chi connectivity index (χ1) is 18.9. The Morgan fingerprint density at radius 1 is 0.952 bits per heavy atom. The third-order valence-electron chi connectivity index (χ3n) is 5.10. The predicted octanol–water partition coefficient (Wildman–Crippen LogP) is -2.25. The van der Waals surface area contributed by atoms with Gasteiger partial charge in [0.15, 0.2) is 4.98 Å². The second-order valence-electron chi connectivity index (χ2n) is 7.80. The van der Waals surface area contributed by atoms with Crippen LogP contribution in [0.25, 0.3) is 15.7 Å². The summed E-state index contributed by atoms with van der Waals surface area (Å²) in [7, 11) is -4.53. The van der Waals surface area contributed by atoms with Crippen LogP contribution >= 0.6 is 12.0 Å². The Bertz CT molecular complexity index is 1560. The molecule has 0 radical (unpaired) electrons. The van der Waals surface area contributed by atoms with Crippen LogP contribution in [0.15, 0.2) is 105 Å². The van der Waals surface area contributed by atoms with Crippen LogP contribution in [0.4, 0.5) is 17.1 Å². The van der Waals surface area contributed by atoms with Crippen molar-refractivity contribution in [3.63, 3.8) is 0 Å². The summed E-state index contributed by atoms with van der Waals surface area (Å²) >= 11 is 0.781. The van der Waals surface area contributed by atoms with Gasteiger partial charge in [0.1, 0.15) is 21.6 Å². The quantitative estimate of drug-likeness (QED) is 0.0271. The van der Waals surface area contributed by atoms with Gasteiger partial charge in [-0.1, -0.05) is 43.7 Å². The van der Waals surface area contributed by atoms with E-state index in [4.69, 9.17) is 10.1 Å². The zero-order valence-corrected chi connectivity index (χ0v) is 29.4. The summed E-state index contributed by atoms with van der Waals surface area (Å²) in [6, 6.07) is 23.0. The Kier molecular flexibility index (Phi) is 20.3. The molecule has 0 spiro atoms. The minimum atomic E-state index is -4.53. The number of benzene rings is 4. The number of fused-ring (bicyclic) bond motifs is 1. The first kappa shape index (κ1) is 40.4. The molecular formula is C26H23ClN4Na2O7S2. The molecule has 0 aliphatic carbocycles. The average molecular weight is 649 g/mol. The fourth-order valence-corrected chi connectivity index (χ4v) is 4.08. The fraction of sp³-hybridized carbons (Fsp3) is 0.154. The number of hydrogen-bond donors (Lipinski definition) is 0. The van der Waals surface area contributed by atoms with Crippen molar-refractivity contribution in [2.24, 2.45) is 10.2 Å². The first-order valence-corrected chi connectivity index (χ1v) is 13.7. The normalized spacial score (nSPS) is 10.3. The molecule has 0 unspecified atom stereocenters. The number of unbranched alkanes of at least 4 members (excludes halogenated alkanes) is 1. The summed E-state index contributed by atoms with van der Waals surface area (Å²) in [6.45, 7) is 2.58. The molecule has 0 fully saturated rings. The van der Waals surface area contributed by atoms with Crippen molar-refractivity contribution in [3.05, 3.63) is 89.9 Å². The van der Waals surface area contributed by atoms with Crippen LogP contribution in [0.1, 0.15) is 19.8 Å². The molecule has 210 valence electrons. The first-order valence-electron chi connectivity index (χ1n) is 11.6. The van der Waals surface area contributed by atoms with Crippen LogP contribution in [0.3, 0.4) is 0 Å². The monoisotopic (exact) mass is 648 g/mol. The molecular weight excluding hydrogens is 626 g/mol. The van der Waals surface area contributed by atoms with Crippen LogP contribution < -0.4 is 81.5 Å². The molecule has 4 aromatic rings. The molecule has 0 aliphatic heterocycles. The van der Waals surface area contributed by atoms with Crippen LogP contribution in [0.5, 0.6) is 5.75 Å². The van der Waals surface area contributed by atoms with Crippen molar-refractivity contribution in [1.82, 2.24) is 0 Å². The minimum Gasteiger partial charge on any atom is -1.00 e. The van der Waals surface area contributed by atoms with E-state index < -0.39 is 10.1 Å². The Hall–Kier alpha value is -1.61. The summed E-state index contributed by atoms with van der Waals surface area (Å²) in [5.41, 5.74) is 1.45. The zero-order chi connectivity index (χ0) is 28.1. The van der Waals surface area contributed by atoms with Gasteiger partial charge in [0.2, 0.25) is 5.39 Å². The summed E-state index contributed by atoms with van der Waals surface area (Å²) in [5, 5.41) is 31.6. The van der Waals surface area contributed by atoms with Gasteiger partial charge in [0.05, 0.1) is 29.2 Å². The molecule has 42 heavy (non-hydrogen) atoms. The zero-order valence-electron chi connectivity index (χ0n) is 23.0. The van der Waals surface area contributed by atoms with Gasteiger partial charge in [-0.2, -0.15) is 9.45 Å². The van der Waals surface area contributed by atoms with Crippen LogP contribution in [0, 0.1) is 5.39 Å². The molecule has 0 amide bonds. The molecule has 16 heteroatoms. The van der Waals surface area contributed by atoms with Crippen molar-refractivity contribution in [2.75, 3.05) is 6.61 Å². The molecule has 4 rings (SSSR count). The number of diazo groups is 1. The van der Waals surface area contributed by atoms with Crippen molar-refractivity contribution in [3.8, 4) is 5.75 Å². The third kappa shape index (κ3) is 12.9. The van der Waals surface area contributed by atoms with E-state index in [1.807, 2.05) is 24.3 Å². The minimum absolute atomic E-state index is 0. The van der Waals surface area contributed by atoms with E-state index in [0.29, 0.717) is 34.3 Å². The summed E-state index contributed by atoms with van der Waals surface area (Å²) in [5.74, 6) is 0.544. The number of rotatable bonds is 10. The van der Waals surface area contributed by atoms with Gasteiger partial charge in [-0.3, -0.25) is 5.04 Å². The molecule has 11 nitrogen and oxygen atoms in total. The van der Waals surface area contributed by atoms with Gasteiger partial charge in [-0.25, -0.2) is 8.42 Å². The molecule has 0 bridgehead atoms. The van der Waals surface area contributed by atoms with Gasteiger partial charge in [0, 0.05) is 22.4 Å². The maximum Gasteiger partial charge on any atom is 1.00 e. The van der Waals surface area contributed by atoms with Gasteiger partial charge < -0.3 is 27.0 Å². The van der Waals surface area contributed by atoms with Crippen molar-refractivity contribution >= 4 is 50.0 Å². The summed E-state index contributed by atoms with van der Waals surface area (Å²) in [6.07, 6.45) is 1.85. The molecule has 0 N–H and O–H groups in total. The molecule has 0 atom stereocenters. The Balaban J connectivity index is 0.00000133. The Morgan fingerprint density at radius 2 is 1.64 bits per heavy atom. The largest absolute Gasteiger partial charge is 1.00 e. The SMILES string of the molecule is CCCCOc1ccc2cc(SOO[O-])ccc2c1N=Nc1ccc(S(=O)(=O)[O-])cc1.N#[N+]c1ccccc1.[Cl-].[Na+].[Na+]. The van der Waals surface area contributed by atoms with E-state index in [1.54, 1.807) is 36.4 Å². The molecule has 0 aromatic heterocycles. The molecule has 0 saturated carbocycles. The van der Waals surface area contributed by atoms with Crippen LogP contribution in [0.2, 0.25) is 0 Å². The van der Waals surface area contributed by atoms with E-state index in [0.717, 1.165) is 35.7 Å². The van der Waals surface area contributed by atoms with E-state index >= 15 is 0 Å². The maximum absolute atomic E-state index is 11.1. The van der Waals surface area contributed by atoms with Crippen molar-refractivity contribution in [1.29, 1.82) is 5.39 Å². The molecule has 0 aliphatic rings. The van der Waals surface area contributed by atoms with Gasteiger partial charge >= 0.3 is 64.8 Å². The number of azo groups is 1. The van der Waals surface area contributed by atoms with E-state index in [-0.39, 0.29) is 76.4 Å². The van der Waals surface area contributed by atoms with Gasteiger partial charge in [0.25, 0.3) is 0 Å². The average Bonchev–Trinajstić information content (AvgIpc) is 2.96. The number of hydrogen-bond acceptors (Lipinski definition) is 11. The van der Waals surface area contributed by atoms with E-state index in [1.165, 1.54) is 24.3 Å². The predicted molar refractivity (Wildman–Crippen MR) is 142 cm³/mol. The van der Waals surface area contributed by atoms with E-state index in [2.05, 4.69) is 31.5 Å². The topological polar surface area (TPSA) is 161 Å². The third-order valence-corrected chi connectivity index (χ3v) is 6.52. The Morgan fingerprint density at radius 3 is 2.21 bits per heavy atom. The van der Waals surface area contributed by atoms with E-state index in [9.17, 15) is 18.2 Å². The number of ether oxygens (including phenoxy) is 1. The number of nitrogens with zero attached hydrogens (tertiary/aromatic N) is 4. The van der Waals surface area contributed by atoms with Crippen LogP contribution in [-0.4, -0.2) is 19.6 Å². The van der Waals surface area contributed by atoms with Crippen molar-refractivity contribution < 1.29 is 104 Å². The van der Waals surface area contributed by atoms with Gasteiger partial charge in [-0.15, -0.1) is 5.11 Å². The maximum atomic E-state index is 11.1. The van der Waals surface area contributed by atoms with Gasteiger partial charge in [-0.05, 0) is 54.3 Å². The standard InChI is InChI=1S/C20H20N2O7S2.C6H5N2.ClH.2Na/c1-2-3-12-27-19-11-4-14-13-16(30-29-28-23)7-10-18(14)20(19)22-21-15-5-8-17(9-6-15)31(24,25)26;7-8-6-4-2-1-3-5-6;;;/h4-11,13,23H,2-3,12H2,1H3,(H,24,25,26);1-5H;1H;;/q;+1;;2*+1/p-3.